The van der Waals surface area contributed by atoms with Crippen LogP contribution in [0, 0.1) is 5.92 Å². The molecule has 25 heavy (non-hydrogen) atoms. The molecular weight excluding hydrogens is 388 g/mol. The second-order valence-corrected chi connectivity index (χ2v) is 7.01. The number of nitrogens with one attached hydrogen (secondary N) is 2. The molecule has 1 aliphatic rings. The van der Waals surface area contributed by atoms with Gasteiger partial charge < -0.3 is 15.4 Å². The number of carbonyl (C=O) groups is 2. The van der Waals surface area contributed by atoms with Crippen molar-refractivity contribution >= 4 is 33.6 Å². The van der Waals surface area contributed by atoms with E-state index in [4.69, 9.17) is 4.74 Å². The van der Waals surface area contributed by atoms with Crippen molar-refractivity contribution in [2.75, 3.05) is 45.2 Å². The maximum Gasteiger partial charge on any atom is 0.239 e. The van der Waals surface area contributed by atoms with Crippen LogP contribution in [0.25, 0.3) is 0 Å². The minimum Gasteiger partial charge on any atom is -0.385 e. The second-order valence-electron chi connectivity index (χ2n) is 6.10. The SMILES string of the molecule is COCCCNC(=O)C1CCN(CC(=O)Nc2ccc(Br)cn2)CC1. The maximum atomic E-state index is 12.1. The summed E-state index contributed by atoms with van der Waals surface area (Å²) in [6.45, 7) is 3.12. The number of hydrogen-bond donors (Lipinski definition) is 2. The van der Waals surface area contributed by atoms with Crippen molar-refractivity contribution in [3.63, 3.8) is 0 Å². The number of likely N-dealkylation sites (tertiary alicyclic amines) is 1. The van der Waals surface area contributed by atoms with Crippen LogP contribution in [-0.2, 0) is 14.3 Å². The Hall–Kier alpha value is -1.51. The number of rotatable bonds is 8. The Morgan fingerprint density at radius 1 is 1.36 bits per heavy atom. The molecule has 0 bridgehead atoms. The fourth-order valence-corrected chi connectivity index (χ4v) is 3.00. The van der Waals surface area contributed by atoms with Gasteiger partial charge in [-0.1, -0.05) is 0 Å². The Bertz CT molecular complexity index is 560. The Balaban J connectivity index is 1.66. The molecule has 1 aromatic heterocycles. The zero-order valence-electron chi connectivity index (χ0n) is 14.5. The van der Waals surface area contributed by atoms with Gasteiger partial charge in [-0.3, -0.25) is 14.5 Å². The summed E-state index contributed by atoms with van der Waals surface area (Å²) >= 11 is 3.31. The molecule has 0 unspecified atom stereocenters. The monoisotopic (exact) mass is 412 g/mol. The maximum absolute atomic E-state index is 12.1. The Labute approximate surface area is 156 Å². The summed E-state index contributed by atoms with van der Waals surface area (Å²) in [5.41, 5.74) is 0. The van der Waals surface area contributed by atoms with E-state index in [1.54, 1.807) is 19.4 Å². The largest absolute Gasteiger partial charge is 0.385 e. The van der Waals surface area contributed by atoms with Crippen LogP contribution in [0.4, 0.5) is 5.82 Å². The molecule has 1 fully saturated rings. The molecule has 0 saturated carbocycles. The van der Waals surface area contributed by atoms with Crippen molar-refractivity contribution in [1.29, 1.82) is 0 Å². The first-order valence-electron chi connectivity index (χ1n) is 8.49. The van der Waals surface area contributed by atoms with Gasteiger partial charge in [0.2, 0.25) is 11.8 Å². The molecule has 0 atom stereocenters. The highest BCUT2D eigenvalue weighted by molar-refractivity contribution is 9.10. The van der Waals surface area contributed by atoms with Crippen molar-refractivity contribution in [3.8, 4) is 0 Å². The molecule has 2 amide bonds. The molecule has 0 aliphatic carbocycles. The molecule has 138 valence electrons. The molecule has 1 aliphatic heterocycles. The van der Waals surface area contributed by atoms with E-state index in [0.29, 0.717) is 25.5 Å². The number of ether oxygens (including phenoxy) is 1. The minimum absolute atomic E-state index is 0.0370. The predicted octanol–water partition coefficient (Wildman–Crippen LogP) is 1.65. The van der Waals surface area contributed by atoms with Gasteiger partial charge in [-0.25, -0.2) is 4.98 Å². The van der Waals surface area contributed by atoms with E-state index in [9.17, 15) is 9.59 Å². The number of halogens is 1. The van der Waals surface area contributed by atoms with Gasteiger partial charge in [-0.05, 0) is 60.4 Å². The van der Waals surface area contributed by atoms with E-state index in [-0.39, 0.29) is 17.7 Å². The number of nitrogens with zero attached hydrogens (tertiary/aromatic N) is 2. The second kappa shape index (κ2) is 10.5. The van der Waals surface area contributed by atoms with Crippen molar-refractivity contribution in [1.82, 2.24) is 15.2 Å². The van der Waals surface area contributed by atoms with Crippen LogP contribution in [0.1, 0.15) is 19.3 Å². The van der Waals surface area contributed by atoms with Crippen LogP contribution in [0.3, 0.4) is 0 Å². The third-order valence-electron chi connectivity index (χ3n) is 4.14. The van der Waals surface area contributed by atoms with Crippen molar-refractivity contribution in [2.45, 2.75) is 19.3 Å². The number of amides is 2. The molecule has 2 heterocycles. The quantitative estimate of drug-likeness (QED) is 0.634. The van der Waals surface area contributed by atoms with Gasteiger partial charge in [-0.15, -0.1) is 0 Å². The molecule has 0 aromatic carbocycles. The first kappa shape index (κ1) is 19.8. The summed E-state index contributed by atoms with van der Waals surface area (Å²) in [5.74, 6) is 0.602. The lowest BCUT2D eigenvalue weighted by molar-refractivity contribution is -0.126. The van der Waals surface area contributed by atoms with Gasteiger partial charge in [0.15, 0.2) is 0 Å². The first-order chi connectivity index (χ1) is 12.1. The van der Waals surface area contributed by atoms with E-state index < -0.39 is 0 Å². The molecule has 2 N–H and O–H groups in total. The number of hydrogen-bond acceptors (Lipinski definition) is 5. The number of methoxy groups -OCH3 is 1. The van der Waals surface area contributed by atoms with Crippen LogP contribution in [0.5, 0.6) is 0 Å². The van der Waals surface area contributed by atoms with Gasteiger partial charge in [0.25, 0.3) is 0 Å². The van der Waals surface area contributed by atoms with Gasteiger partial charge in [0.1, 0.15) is 5.82 Å². The fraction of sp³-hybridized carbons (Fsp3) is 0.588. The van der Waals surface area contributed by atoms with Crippen molar-refractivity contribution < 1.29 is 14.3 Å². The van der Waals surface area contributed by atoms with E-state index in [1.807, 2.05) is 6.07 Å². The van der Waals surface area contributed by atoms with E-state index in [0.717, 1.165) is 36.8 Å². The number of carbonyl (C=O) groups excluding carboxylic acids is 2. The van der Waals surface area contributed by atoms with Crippen LogP contribution >= 0.6 is 15.9 Å². The average molecular weight is 413 g/mol. The Morgan fingerprint density at radius 3 is 2.76 bits per heavy atom. The highest BCUT2D eigenvalue weighted by Gasteiger charge is 2.25. The lowest BCUT2D eigenvalue weighted by Crippen LogP contribution is -2.43. The molecule has 2 rings (SSSR count). The van der Waals surface area contributed by atoms with E-state index >= 15 is 0 Å². The van der Waals surface area contributed by atoms with Crippen LogP contribution in [0.2, 0.25) is 0 Å². The summed E-state index contributed by atoms with van der Waals surface area (Å²) in [6.07, 6.45) is 4.03. The lowest BCUT2D eigenvalue weighted by Gasteiger charge is -2.30. The third-order valence-corrected chi connectivity index (χ3v) is 4.61. The van der Waals surface area contributed by atoms with E-state index in [2.05, 4.69) is 36.4 Å². The molecule has 7 nitrogen and oxygen atoms in total. The first-order valence-corrected chi connectivity index (χ1v) is 9.28. The van der Waals surface area contributed by atoms with E-state index in [1.165, 1.54) is 0 Å². The van der Waals surface area contributed by atoms with Crippen LogP contribution in [-0.4, -0.2) is 61.6 Å². The van der Waals surface area contributed by atoms with Crippen LogP contribution in [0.15, 0.2) is 22.8 Å². The summed E-state index contributed by atoms with van der Waals surface area (Å²) in [7, 11) is 1.65. The summed E-state index contributed by atoms with van der Waals surface area (Å²) in [5, 5.41) is 5.74. The van der Waals surface area contributed by atoms with Crippen molar-refractivity contribution in [2.24, 2.45) is 5.92 Å². The number of piperidine rings is 1. The fourth-order valence-electron chi connectivity index (χ4n) is 2.76. The number of aromatic nitrogens is 1. The highest BCUT2D eigenvalue weighted by Crippen LogP contribution is 2.17. The lowest BCUT2D eigenvalue weighted by atomic mass is 9.96. The number of anilines is 1. The van der Waals surface area contributed by atoms with Gasteiger partial charge in [0.05, 0.1) is 6.54 Å². The standard InChI is InChI=1S/C17H25BrN4O3/c1-25-10-2-7-19-17(24)13-5-8-22(9-6-13)12-16(23)21-15-4-3-14(18)11-20-15/h3-4,11,13H,2,5-10,12H2,1H3,(H,19,24)(H,20,21,23). The Morgan fingerprint density at radius 2 is 2.12 bits per heavy atom. The third kappa shape index (κ3) is 7.09. The van der Waals surface area contributed by atoms with Gasteiger partial charge in [0, 0.05) is 36.8 Å². The predicted molar refractivity (Wildman–Crippen MR) is 99.2 cm³/mol. The number of pyridine rings is 1. The molecule has 0 radical (unpaired) electrons. The van der Waals surface area contributed by atoms with Gasteiger partial charge >= 0.3 is 0 Å². The summed E-state index contributed by atoms with van der Waals surface area (Å²) in [6, 6.07) is 3.58. The molecule has 1 saturated heterocycles. The topological polar surface area (TPSA) is 83.6 Å². The minimum atomic E-state index is -0.0858. The smallest absolute Gasteiger partial charge is 0.239 e. The Kier molecular flexibility index (Phi) is 8.30. The van der Waals surface area contributed by atoms with Crippen LogP contribution < -0.4 is 10.6 Å². The molecule has 1 aromatic rings. The molecule has 8 heteroatoms. The molecule has 0 spiro atoms. The average Bonchev–Trinajstić information content (AvgIpc) is 2.61. The zero-order valence-corrected chi connectivity index (χ0v) is 16.0. The molecular formula is C17H25BrN4O3. The van der Waals surface area contributed by atoms with Crippen molar-refractivity contribution in [3.05, 3.63) is 22.8 Å². The summed E-state index contributed by atoms with van der Waals surface area (Å²) < 4.78 is 5.83. The normalized spacial score (nSPS) is 15.8. The van der Waals surface area contributed by atoms with Gasteiger partial charge in [-0.2, -0.15) is 0 Å². The highest BCUT2D eigenvalue weighted by atomic mass is 79.9. The summed E-state index contributed by atoms with van der Waals surface area (Å²) in [4.78, 5) is 30.4. The zero-order chi connectivity index (χ0) is 18.1.